The molecular weight excluding hydrogens is 435 g/mol. The molecule has 0 saturated carbocycles. The Morgan fingerprint density at radius 3 is 2.55 bits per heavy atom. The van der Waals surface area contributed by atoms with Gasteiger partial charge < -0.3 is 14.8 Å². The number of carbonyl (C=O) groups excluding carboxylic acids is 1. The van der Waals surface area contributed by atoms with Crippen LogP contribution in [0.4, 0.5) is 5.69 Å². The number of aromatic amines is 1. The topological polar surface area (TPSA) is 89.1 Å². The highest BCUT2D eigenvalue weighted by atomic mass is 35.5. The van der Waals surface area contributed by atoms with Crippen LogP contribution >= 0.6 is 35.0 Å². The highest BCUT2D eigenvalue weighted by Gasteiger charge is 2.12. The molecule has 0 bridgehead atoms. The van der Waals surface area contributed by atoms with Gasteiger partial charge in [0.05, 0.1) is 35.7 Å². The van der Waals surface area contributed by atoms with Crippen molar-refractivity contribution in [2.45, 2.75) is 11.6 Å². The van der Waals surface area contributed by atoms with E-state index in [-0.39, 0.29) is 11.7 Å². The van der Waals surface area contributed by atoms with Gasteiger partial charge in [-0.2, -0.15) is 0 Å². The zero-order valence-corrected chi connectivity index (χ0v) is 18.0. The SMILES string of the molecule is COc1ccc(Cc2nc(SCC(=O)Nc3c(Cl)cccc3Cl)n[nH]2)cc1OC. The molecule has 1 aromatic heterocycles. The van der Waals surface area contributed by atoms with Crippen LogP contribution < -0.4 is 14.8 Å². The molecule has 0 aliphatic rings. The summed E-state index contributed by atoms with van der Waals surface area (Å²) in [4.78, 5) is 16.6. The van der Waals surface area contributed by atoms with Gasteiger partial charge in [-0.25, -0.2) is 4.98 Å². The van der Waals surface area contributed by atoms with Gasteiger partial charge in [-0.15, -0.1) is 5.10 Å². The molecule has 0 saturated heterocycles. The first-order valence-corrected chi connectivity index (χ1v) is 10.2. The predicted molar refractivity (Wildman–Crippen MR) is 115 cm³/mol. The maximum atomic E-state index is 12.2. The third-order valence-corrected chi connectivity index (χ3v) is 5.37. The third-order valence-electron chi connectivity index (χ3n) is 3.89. The number of carbonyl (C=O) groups is 1. The fourth-order valence-electron chi connectivity index (χ4n) is 2.53. The van der Waals surface area contributed by atoms with E-state index in [1.54, 1.807) is 32.4 Å². The summed E-state index contributed by atoms with van der Waals surface area (Å²) < 4.78 is 10.6. The van der Waals surface area contributed by atoms with Crippen LogP contribution in [-0.4, -0.2) is 41.1 Å². The van der Waals surface area contributed by atoms with Crippen LogP contribution in [-0.2, 0) is 11.2 Å². The molecule has 152 valence electrons. The lowest BCUT2D eigenvalue weighted by atomic mass is 10.1. The number of para-hydroxylation sites is 1. The number of benzene rings is 2. The number of amides is 1. The number of halogens is 2. The van der Waals surface area contributed by atoms with Crippen molar-refractivity contribution in [2.24, 2.45) is 0 Å². The summed E-state index contributed by atoms with van der Waals surface area (Å²) in [5.41, 5.74) is 1.38. The van der Waals surface area contributed by atoms with Crippen molar-refractivity contribution in [3.05, 3.63) is 57.8 Å². The smallest absolute Gasteiger partial charge is 0.234 e. The first-order chi connectivity index (χ1) is 14.0. The Morgan fingerprint density at radius 2 is 1.86 bits per heavy atom. The molecule has 10 heteroatoms. The van der Waals surface area contributed by atoms with E-state index >= 15 is 0 Å². The Hall–Kier alpha value is -2.42. The minimum absolute atomic E-state index is 0.120. The minimum Gasteiger partial charge on any atom is -0.493 e. The number of nitrogens with zero attached hydrogens (tertiary/aromatic N) is 2. The van der Waals surface area contributed by atoms with E-state index < -0.39 is 0 Å². The molecule has 1 heterocycles. The van der Waals surface area contributed by atoms with Gasteiger partial charge in [-0.1, -0.05) is 47.1 Å². The van der Waals surface area contributed by atoms with Crippen molar-refractivity contribution in [1.82, 2.24) is 15.2 Å². The lowest BCUT2D eigenvalue weighted by Crippen LogP contribution is -2.14. The van der Waals surface area contributed by atoms with Crippen LogP contribution in [0, 0.1) is 0 Å². The molecule has 0 spiro atoms. The normalized spacial score (nSPS) is 10.6. The fraction of sp³-hybridized carbons (Fsp3) is 0.211. The van der Waals surface area contributed by atoms with E-state index in [0.717, 1.165) is 5.56 Å². The summed E-state index contributed by atoms with van der Waals surface area (Å²) in [5.74, 6) is 1.85. The van der Waals surface area contributed by atoms with E-state index in [1.165, 1.54) is 11.8 Å². The van der Waals surface area contributed by atoms with E-state index in [2.05, 4.69) is 20.5 Å². The predicted octanol–water partition coefficient (Wildman–Crippen LogP) is 4.45. The highest BCUT2D eigenvalue weighted by molar-refractivity contribution is 7.99. The molecule has 7 nitrogen and oxygen atoms in total. The number of aromatic nitrogens is 3. The van der Waals surface area contributed by atoms with Crippen molar-refractivity contribution in [3.8, 4) is 11.5 Å². The number of ether oxygens (including phenoxy) is 2. The van der Waals surface area contributed by atoms with Crippen LogP contribution in [0.5, 0.6) is 11.5 Å². The molecule has 2 N–H and O–H groups in total. The molecule has 0 aliphatic heterocycles. The maximum absolute atomic E-state index is 12.2. The first-order valence-electron chi connectivity index (χ1n) is 8.49. The van der Waals surface area contributed by atoms with Gasteiger partial charge in [-0.05, 0) is 29.8 Å². The number of rotatable bonds is 8. The molecule has 0 radical (unpaired) electrons. The quantitative estimate of drug-likeness (QED) is 0.490. The summed E-state index contributed by atoms with van der Waals surface area (Å²) in [6.07, 6.45) is 0.537. The highest BCUT2D eigenvalue weighted by Crippen LogP contribution is 2.30. The average molecular weight is 453 g/mol. The first kappa shape index (κ1) is 21.3. The average Bonchev–Trinajstić information content (AvgIpc) is 3.16. The zero-order valence-electron chi connectivity index (χ0n) is 15.7. The Labute approximate surface area is 182 Å². The number of methoxy groups -OCH3 is 2. The number of thioether (sulfide) groups is 1. The van der Waals surface area contributed by atoms with E-state index in [1.807, 2.05) is 18.2 Å². The van der Waals surface area contributed by atoms with Gasteiger partial charge >= 0.3 is 0 Å². The second-order valence-corrected chi connectivity index (χ2v) is 7.62. The van der Waals surface area contributed by atoms with Gasteiger partial charge in [0, 0.05) is 6.42 Å². The molecule has 0 aliphatic carbocycles. The Balaban J connectivity index is 1.57. The Morgan fingerprint density at radius 1 is 1.14 bits per heavy atom. The van der Waals surface area contributed by atoms with Crippen molar-refractivity contribution in [1.29, 1.82) is 0 Å². The number of hydrogen-bond acceptors (Lipinski definition) is 6. The number of H-pyrrole nitrogens is 1. The number of nitrogens with one attached hydrogen (secondary N) is 2. The van der Waals surface area contributed by atoms with Gasteiger partial charge in [0.2, 0.25) is 11.1 Å². The van der Waals surface area contributed by atoms with E-state index in [4.69, 9.17) is 32.7 Å². The molecule has 1 amide bonds. The van der Waals surface area contributed by atoms with Crippen molar-refractivity contribution >= 4 is 46.6 Å². The number of anilines is 1. The van der Waals surface area contributed by atoms with Gasteiger partial charge in [0.15, 0.2) is 11.5 Å². The molecule has 3 rings (SSSR count). The molecule has 0 fully saturated rings. The van der Waals surface area contributed by atoms with Crippen molar-refractivity contribution < 1.29 is 14.3 Å². The van der Waals surface area contributed by atoms with Gasteiger partial charge in [0.1, 0.15) is 5.82 Å². The standard InChI is InChI=1S/C19H18Cl2N4O3S/c1-27-14-7-6-11(8-15(14)28-2)9-16-22-19(25-24-16)29-10-17(26)23-18-12(20)4-3-5-13(18)21/h3-8H,9-10H2,1-2H3,(H,23,26)(H,22,24,25). The Bertz CT molecular complexity index is 993. The summed E-state index contributed by atoms with van der Waals surface area (Å²) in [6.45, 7) is 0. The van der Waals surface area contributed by atoms with E-state index in [0.29, 0.717) is 44.6 Å². The third kappa shape index (κ3) is 5.56. The molecular formula is C19H18Cl2N4O3S. The largest absolute Gasteiger partial charge is 0.493 e. The van der Waals surface area contributed by atoms with Gasteiger partial charge in [0.25, 0.3) is 0 Å². The Kier molecular flexibility index (Phi) is 7.24. The van der Waals surface area contributed by atoms with Crippen LogP contribution in [0.15, 0.2) is 41.6 Å². The van der Waals surface area contributed by atoms with Gasteiger partial charge in [-0.3, -0.25) is 9.89 Å². The van der Waals surface area contributed by atoms with Crippen molar-refractivity contribution in [2.75, 3.05) is 25.3 Å². The van der Waals surface area contributed by atoms with Crippen molar-refractivity contribution in [3.63, 3.8) is 0 Å². The van der Waals surface area contributed by atoms with Crippen LogP contribution in [0.3, 0.4) is 0 Å². The van der Waals surface area contributed by atoms with Crippen LogP contribution in [0.2, 0.25) is 10.0 Å². The zero-order chi connectivity index (χ0) is 20.8. The second kappa shape index (κ2) is 9.87. The monoisotopic (exact) mass is 452 g/mol. The molecule has 29 heavy (non-hydrogen) atoms. The van der Waals surface area contributed by atoms with Crippen LogP contribution in [0.25, 0.3) is 0 Å². The molecule has 3 aromatic rings. The molecule has 0 atom stereocenters. The second-order valence-electron chi connectivity index (χ2n) is 5.86. The summed E-state index contributed by atoms with van der Waals surface area (Å²) in [5, 5.41) is 11.0. The maximum Gasteiger partial charge on any atom is 0.234 e. The minimum atomic E-state index is -0.253. The molecule has 2 aromatic carbocycles. The van der Waals surface area contributed by atoms with Crippen LogP contribution in [0.1, 0.15) is 11.4 Å². The lowest BCUT2D eigenvalue weighted by Gasteiger charge is -2.08. The molecule has 0 unspecified atom stereocenters. The fourth-order valence-corrected chi connectivity index (χ4v) is 3.64. The van der Waals surface area contributed by atoms with E-state index in [9.17, 15) is 4.79 Å². The summed E-state index contributed by atoms with van der Waals surface area (Å²) >= 11 is 13.3. The summed E-state index contributed by atoms with van der Waals surface area (Å²) in [6, 6.07) is 10.7. The summed E-state index contributed by atoms with van der Waals surface area (Å²) in [7, 11) is 3.18. The lowest BCUT2D eigenvalue weighted by molar-refractivity contribution is -0.113. The number of hydrogen-bond donors (Lipinski definition) is 2.